The zero-order valence-corrected chi connectivity index (χ0v) is 9.74. The number of rotatable bonds is 2. The minimum absolute atomic E-state index is 0.123. The van der Waals surface area contributed by atoms with Crippen molar-refractivity contribution in [2.45, 2.75) is 12.8 Å². The highest BCUT2D eigenvalue weighted by molar-refractivity contribution is 9.10. The van der Waals surface area contributed by atoms with E-state index in [-0.39, 0.29) is 10.6 Å². The highest BCUT2D eigenvalue weighted by Gasteiger charge is 2.16. The molecule has 1 aromatic rings. The van der Waals surface area contributed by atoms with Crippen LogP contribution < -0.4 is 4.90 Å². The van der Waals surface area contributed by atoms with E-state index in [9.17, 15) is 10.1 Å². The number of anilines is 1. The molecule has 1 fully saturated rings. The molecule has 1 heterocycles. The van der Waals surface area contributed by atoms with Gasteiger partial charge in [-0.2, -0.15) is 0 Å². The number of hydrogen-bond acceptors (Lipinski definition) is 3. The molecule has 2 rings (SSSR count). The summed E-state index contributed by atoms with van der Waals surface area (Å²) in [4.78, 5) is 12.5. The Hall–Kier alpha value is -1.10. The molecule has 80 valence electrons. The average Bonchev–Trinajstić information content (AvgIpc) is 2.69. The van der Waals surface area contributed by atoms with Gasteiger partial charge in [0, 0.05) is 24.8 Å². The van der Waals surface area contributed by atoms with Crippen LogP contribution >= 0.6 is 15.9 Å². The van der Waals surface area contributed by atoms with Gasteiger partial charge in [-0.1, -0.05) is 0 Å². The predicted octanol–water partition coefficient (Wildman–Crippen LogP) is 2.96. The summed E-state index contributed by atoms with van der Waals surface area (Å²) in [6.07, 6.45) is 2.41. The van der Waals surface area contributed by atoms with E-state index < -0.39 is 0 Å². The molecular formula is C10H11BrN2O2. The lowest BCUT2D eigenvalue weighted by molar-refractivity contribution is -0.385. The molecule has 0 amide bonds. The van der Waals surface area contributed by atoms with Crippen LogP contribution in [0.5, 0.6) is 0 Å². The molecule has 0 radical (unpaired) electrons. The molecule has 5 heteroatoms. The maximum atomic E-state index is 10.6. The topological polar surface area (TPSA) is 46.4 Å². The monoisotopic (exact) mass is 270 g/mol. The van der Waals surface area contributed by atoms with Gasteiger partial charge in [-0.05, 0) is 40.9 Å². The van der Waals surface area contributed by atoms with E-state index in [4.69, 9.17) is 0 Å². The van der Waals surface area contributed by atoms with Crippen molar-refractivity contribution in [3.05, 3.63) is 32.8 Å². The molecule has 1 saturated heterocycles. The van der Waals surface area contributed by atoms with Crippen LogP contribution in [0.1, 0.15) is 12.8 Å². The molecule has 0 unspecified atom stereocenters. The number of hydrogen-bond donors (Lipinski definition) is 0. The molecule has 1 aliphatic rings. The summed E-state index contributed by atoms with van der Waals surface area (Å²) in [6, 6.07) is 5.19. The summed E-state index contributed by atoms with van der Waals surface area (Å²) in [5.74, 6) is 0. The normalized spacial score (nSPS) is 15.7. The first-order chi connectivity index (χ1) is 7.18. The Kier molecular flexibility index (Phi) is 2.90. The Morgan fingerprint density at radius 2 is 2.00 bits per heavy atom. The fourth-order valence-corrected chi connectivity index (χ4v) is 2.33. The summed E-state index contributed by atoms with van der Waals surface area (Å²) in [5, 5.41) is 10.6. The van der Waals surface area contributed by atoms with Gasteiger partial charge >= 0.3 is 0 Å². The van der Waals surface area contributed by atoms with Crippen LogP contribution in [-0.2, 0) is 0 Å². The zero-order valence-electron chi connectivity index (χ0n) is 8.15. The Balaban J connectivity index is 2.28. The number of benzene rings is 1. The molecule has 1 aliphatic heterocycles. The van der Waals surface area contributed by atoms with E-state index in [0.717, 1.165) is 18.8 Å². The highest BCUT2D eigenvalue weighted by Crippen LogP contribution is 2.30. The largest absolute Gasteiger partial charge is 0.371 e. The first-order valence-electron chi connectivity index (χ1n) is 4.87. The molecule has 4 nitrogen and oxygen atoms in total. The third kappa shape index (κ3) is 2.12. The van der Waals surface area contributed by atoms with Crippen molar-refractivity contribution >= 4 is 27.3 Å². The molecule has 0 bridgehead atoms. The minimum Gasteiger partial charge on any atom is -0.371 e. The van der Waals surface area contributed by atoms with Crippen molar-refractivity contribution in [3.63, 3.8) is 0 Å². The SMILES string of the molecule is O=[N+]([O-])c1ccc(N2CCCC2)cc1Br. The maximum absolute atomic E-state index is 10.6. The molecule has 0 aliphatic carbocycles. The lowest BCUT2D eigenvalue weighted by Crippen LogP contribution is -2.17. The molecule has 15 heavy (non-hydrogen) atoms. The second-order valence-corrected chi connectivity index (χ2v) is 4.44. The molecule has 0 atom stereocenters. The fourth-order valence-electron chi connectivity index (χ4n) is 1.82. The van der Waals surface area contributed by atoms with Crippen molar-refractivity contribution in [2.75, 3.05) is 18.0 Å². The van der Waals surface area contributed by atoms with E-state index in [1.54, 1.807) is 6.07 Å². The molecule has 0 spiro atoms. The van der Waals surface area contributed by atoms with Gasteiger partial charge in [-0.25, -0.2) is 0 Å². The molecule has 1 aromatic carbocycles. The first-order valence-corrected chi connectivity index (χ1v) is 5.66. The average molecular weight is 271 g/mol. The Labute approximate surface area is 96.2 Å². The van der Waals surface area contributed by atoms with Gasteiger partial charge in [-0.3, -0.25) is 10.1 Å². The van der Waals surface area contributed by atoms with Crippen molar-refractivity contribution in [1.29, 1.82) is 0 Å². The summed E-state index contributed by atoms with van der Waals surface area (Å²) in [7, 11) is 0. The summed E-state index contributed by atoms with van der Waals surface area (Å²) in [6.45, 7) is 2.09. The lowest BCUT2D eigenvalue weighted by Gasteiger charge is -2.17. The van der Waals surface area contributed by atoms with E-state index in [1.807, 2.05) is 12.1 Å². The number of nitro groups is 1. The lowest BCUT2D eigenvalue weighted by atomic mass is 10.2. The quantitative estimate of drug-likeness (QED) is 0.613. The van der Waals surface area contributed by atoms with Gasteiger partial charge in [0.15, 0.2) is 0 Å². The van der Waals surface area contributed by atoms with Gasteiger partial charge < -0.3 is 4.90 Å². The smallest absolute Gasteiger partial charge is 0.283 e. The minimum atomic E-state index is -0.377. The van der Waals surface area contributed by atoms with Gasteiger partial charge in [0.1, 0.15) is 0 Å². The fraction of sp³-hybridized carbons (Fsp3) is 0.400. The van der Waals surface area contributed by atoms with Crippen LogP contribution in [0.2, 0.25) is 0 Å². The van der Waals surface area contributed by atoms with Gasteiger partial charge in [0.05, 0.1) is 9.40 Å². The van der Waals surface area contributed by atoms with Crippen molar-refractivity contribution in [3.8, 4) is 0 Å². The van der Waals surface area contributed by atoms with E-state index in [2.05, 4.69) is 20.8 Å². The second kappa shape index (κ2) is 4.18. The van der Waals surface area contributed by atoms with E-state index >= 15 is 0 Å². The molecule has 0 aromatic heterocycles. The summed E-state index contributed by atoms with van der Waals surface area (Å²) >= 11 is 3.23. The summed E-state index contributed by atoms with van der Waals surface area (Å²) in [5.41, 5.74) is 1.18. The number of nitrogens with zero attached hydrogens (tertiary/aromatic N) is 2. The van der Waals surface area contributed by atoms with Crippen LogP contribution in [-0.4, -0.2) is 18.0 Å². The second-order valence-electron chi connectivity index (χ2n) is 3.59. The zero-order chi connectivity index (χ0) is 10.8. The van der Waals surface area contributed by atoms with Crippen LogP contribution in [0, 0.1) is 10.1 Å². The highest BCUT2D eigenvalue weighted by atomic mass is 79.9. The van der Waals surface area contributed by atoms with Gasteiger partial charge in [0.2, 0.25) is 0 Å². The van der Waals surface area contributed by atoms with Crippen LogP contribution in [0.4, 0.5) is 11.4 Å². The Morgan fingerprint density at radius 1 is 1.33 bits per heavy atom. The first kappa shape index (κ1) is 10.4. The third-order valence-corrected chi connectivity index (χ3v) is 3.23. The van der Waals surface area contributed by atoms with Gasteiger partial charge in [0.25, 0.3) is 5.69 Å². The van der Waals surface area contributed by atoms with Crippen LogP contribution in [0.15, 0.2) is 22.7 Å². The number of nitro benzene ring substituents is 1. The van der Waals surface area contributed by atoms with Crippen molar-refractivity contribution in [2.24, 2.45) is 0 Å². The van der Waals surface area contributed by atoms with Crippen molar-refractivity contribution in [1.82, 2.24) is 0 Å². The van der Waals surface area contributed by atoms with E-state index in [1.165, 1.54) is 12.8 Å². The molecule has 0 saturated carbocycles. The maximum Gasteiger partial charge on any atom is 0.283 e. The Bertz CT molecular complexity index is 389. The molecular weight excluding hydrogens is 260 g/mol. The number of halogens is 1. The Morgan fingerprint density at radius 3 is 2.53 bits per heavy atom. The molecule has 0 N–H and O–H groups in total. The third-order valence-electron chi connectivity index (χ3n) is 2.60. The summed E-state index contributed by atoms with van der Waals surface area (Å²) < 4.78 is 0.553. The predicted molar refractivity (Wildman–Crippen MR) is 62.2 cm³/mol. The standard InChI is InChI=1S/C10H11BrN2O2/c11-9-7-8(12-5-1-2-6-12)3-4-10(9)13(14)15/h3-4,7H,1-2,5-6H2. The van der Waals surface area contributed by atoms with Gasteiger partial charge in [-0.15, -0.1) is 0 Å². The van der Waals surface area contributed by atoms with Crippen LogP contribution in [0.25, 0.3) is 0 Å². The van der Waals surface area contributed by atoms with E-state index in [0.29, 0.717) is 4.47 Å². The van der Waals surface area contributed by atoms with Crippen LogP contribution in [0.3, 0.4) is 0 Å². The van der Waals surface area contributed by atoms with Crippen molar-refractivity contribution < 1.29 is 4.92 Å².